The van der Waals surface area contributed by atoms with Crippen LogP contribution in [0.5, 0.6) is 0 Å². The van der Waals surface area contributed by atoms with Crippen molar-refractivity contribution in [1.29, 1.82) is 0 Å². The predicted molar refractivity (Wildman–Crippen MR) is 104 cm³/mol. The first-order valence-electron chi connectivity index (χ1n) is 9.09. The molecule has 1 aliphatic rings. The SMILES string of the molecule is C=CC(=O)N(C)c1ccc(C(=O)N2CCn3c(C(C)C)nnc3C2C)cc1. The molecule has 2 aromatic rings. The summed E-state index contributed by atoms with van der Waals surface area (Å²) in [5, 5.41) is 8.62. The average molecular weight is 367 g/mol. The Bertz CT molecular complexity index is 869. The van der Waals surface area contributed by atoms with Crippen LogP contribution in [0.2, 0.25) is 0 Å². The van der Waals surface area contributed by atoms with Crippen LogP contribution in [0, 0.1) is 0 Å². The molecule has 1 aromatic carbocycles. The second kappa shape index (κ2) is 7.34. The summed E-state index contributed by atoms with van der Waals surface area (Å²) in [7, 11) is 1.67. The van der Waals surface area contributed by atoms with Gasteiger partial charge in [0.1, 0.15) is 5.82 Å². The molecule has 7 heteroatoms. The lowest BCUT2D eigenvalue weighted by Gasteiger charge is -2.34. The molecule has 1 unspecified atom stereocenters. The van der Waals surface area contributed by atoms with Crippen LogP contribution in [-0.2, 0) is 11.3 Å². The number of anilines is 1. The van der Waals surface area contributed by atoms with Gasteiger partial charge in [-0.3, -0.25) is 9.59 Å². The Morgan fingerprint density at radius 1 is 1.22 bits per heavy atom. The van der Waals surface area contributed by atoms with Gasteiger partial charge in [-0.05, 0) is 37.3 Å². The lowest BCUT2D eigenvalue weighted by molar-refractivity contribution is -0.113. The van der Waals surface area contributed by atoms with Crippen molar-refractivity contribution in [3.05, 3.63) is 54.1 Å². The number of fused-ring (bicyclic) bond motifs is 1. The highest BCUT2D eigenvalue weighted by molar-refractivity contribution is 6.01. The number of hydrogen-bond donors (Lipinski definition) is 0. The fourth-order valence-electron chi connectivity index (χ4n) is 3.37. The van der Waals surface area contributed by atoms with E-state index in [0.29, 0.717) is 30.3 Å². The third kappa shape index (κ3) is 3.37. The van der Waals surface area contributed by atoms with Crippen LogP contribution >= 0.6 is 0 Å². The molecule has 0 spiro atoms. The lowest BCUT2D eigenvalue weighted by Crippen LogP contribution is -2.41. The van der Waals surface area contributed by atoms with Gasteiger partial charge in [0.05, 0.1) is 6.04 Å². The van der Waals surface area contributed by atoms with Gasteiger partial charge in [-0.15, -0.1) is 10.2 Å². The van der Waals surface area contributed by atoms with Crippen molar-refractivity contribution in [2.24, 2.45) is 0 Å². The van der Waals surface area contributed by atoms with Crippen molar-refractivity contribution in [2.45, 2.75) is 39.3 Å². The smallest absolute Gasteiger partial charge is 0.254 e. The third-order valence-corrected chi connectivity index (χ3v) is 5.00. The summed E-state index contributed by atoms with van der Waals surface area (Å²) >= 11 is 0. The van der Waals surface area contributed by atoms with Crippen molar-refractivity contribution in [3.63, 3.8) is 0 Å². The molecule has 2 amide bonds. The molecular weight excluding hydrogens is 342 g/mol. The Labute approximate surface area is 159 Å². The monoisotopic (exact) mass is 367 g/mol. The van der Waals surface area contributed by atoms with Crippen molar-refractivity contribution in [3.8, 4) is 0 Å². The van der Waals surface area contributed by atoms with E-state index in [4.69, 9.17) is 0 Å². The van der Waals surface area contributed by atoms with Crippen molar-refractivity contribution in [1.82, 2.24) is 19.7 Å². The second-order valence-corrected chi connectivity index (χ2v) is 7.05. The van der Waals surface area contributed by atoms with Crippen molar-refractivity contribution < 1.29 is 9.59 Å². The van der Waals surface area contributed by atoms with Crippen LogP contribution in [-0.4, -0.2) is 45.1 Å². The first-order valence-corrected chi connectivity index (χ1v) is 9.09. The van der Waals surface area contributed by atoms with E-state index in [1.807, 2.05) is 11.8 Å². The molecular formula is C20H25N5O2. The molecule has 3 rings (SSSR count). The molecule has 142 valence electrons. The molecule has 0 bridgehead atoms. The fourth-order valence-corrected chi connectivity index (χ4v) is 3.37. The zero-order valence-electron chi connectivity index (χ0n) is 16.2. The van der Waals surface area contributed by atoms with Gasteiger partial charge in [0.15, 0.2) is 5.82 Å². The summed E-state index contributed by atoms with van der Waals surface area (Å²) in [6.07, 6.45) is 1.26. The molecule has 0 saturated carbocycles. The van der Waals surface area contributed by atoms with E-state index in [9.17, 15) is 9.59 Å². The van der Waals surface area contributed by atoms with E-state index >= 15 is 0 Å². The molecule has 0 radical (unpaired) electrons. The molecule has 1 aromatic heterocycles. The number of likely N-dealkylation sites (N-methyl/N-ethyl adjacent to an activating group) is 1. The molecule has 7 nitrogen and oxygen atoms in total. The van der Waals surface area contributed by atoms with Crippen LogP contribution in [0.1, 0.15) is 54.7 Å². The van der Waals surface area contributed by atoms with Gasteiger partial charge >= 0.3 is 0 Å². The minimum atomic E-state index is -0.195. The molecule has 2 heterocycles. The summed E-state index contributed by atoms with van der Waals surface area (Å²) in [5.41, 5.74) is 1.30. The summed E-state index contributed by atoms with van der Waals surface area (Å²) in [4.78, 5) is 28.0. The largest absolute Gasteiger partial charge is 0.327 e. The Morgan fingerprint density at radius 2 is 1.89 bits per heavy atom. The van der Waals surface area contributed by atoms with E-state index < -0.39 is 0 Å². The third-order valence-electron chi connectivity index (χ3n) is 5.00. The normalized spacial score (nSPS) is 16.2. The highest BCUT2D eigenvalue weighted by atomic mass is 16.2. The summed E-state index contributed by atoms with van der Waals surface area (Å²) in [6, 6.07) is 6.88. The predicted octanol–water partition coefficient (Wildman–Crippen LogP) is 2.77. The van der Waals surface area contributed by atoms with Crippen LogP contribution in [0.4, 0.5) is 5.69 Å². The minimum absolute atomic E-state index is 0.0490. The molecule has 27 heavy (non-hydrogen) atoms. The minimum Gasteiger partial charge on any atom is -0.327 e. The maximum Gasteiger partial charge on any atom is 0.254 e. The molecule has 1 aliphatic heterocycles. The van der Waals surface area contributed by atoms with E-state index in [-0.39, 0.29) is 17.9 Å². The van der Waals surface area contributed by atoms with Gasteiger partial charge in [-0.1, -0.05) is 20.4 Å². The molecule has 0 fully saturated rings. The van der Waals surface area contributed by atoms with Crippen molar-refractivity contribution >= 4 is 17.5 Å². The standard InChI is InChI=1S/C20H25N5O2/c1-6-17(26)23(5)16-9-7-15(8-10-16)20(27)24-11-12-25-18(13(2)3)21-22-19(25)14(24)4/h6-10,13-14H,1,11-12H2,2-5H3. The summed E-state index contributed by atoms with van der Waals surface area (Å²) < 4.78 is 2.12. The van der Waals surface area contributed by atoms with E-state index in [2.05, 4.69) is 35.2 Å². The fraction of sp³-hybridized carbons (Fsp3) is 0.400. The van der Waals surface area contributed by atoms with Gasteiger partial charge in [0.25, 0.3) is 5.91 Å². The first kappa shape index (κ1) is 18.8. The lowest BCUT2D eigenvalue weighted by atomic mass is 10.1. The topological polar surface area (TPSA) is 71.3 Å². The van der Waals surface area contributed by atoms with Gasteiger partial charge < -0.3 is 14.4 Å². The number of aromatic nitrogens is 3. The van der Waals surface area contributed by atoms with Gasteiger partial charge in [0.2, 0.25) is 5.91 Å². The van der Waals surface area contributed by atoms with E-state index in [1.165, 1.54) is 11.0 Å². The zero-order chi connectivity index (χ0) is 19.7. The van der Waals surface area contributed by atoms with E-state index in [0.717, 1.165) is 11.6 Å². The van der Waals surface area contributed by atoms with Crippen LogP contribution in [0.25, 0.3) is 0 Å². The Morgan fingerprint density at radius 3 is 2.48 bits per heavy atom. The van der Waals surface area contributed by atoms with Gasteiger partial charge in [0, 0.05) is 37.3 Å². The molecule has 0 saturated heterocycles. The number of carbonyl (C=O) groups is 2. The quantitative estimate of drug-likeness (QED) is 0.779. The van der Waals surface area contributed by atoms with Crippen LogP contribution < -0.4 is 4.90 Å². The number of benzene rings is 1. The number of carbonyl (C=O) groups excluding carboxylic acids is 2. The Kier molecular flexibility index (Phi) is 5.12. The number of rotatable bonds is 4. The summed E-state index contributed by atoms with van der Waals surface area (Å²) in [6.45, 7) is 11.0. The van der Waals surface area contributed by atoms with Crippen LogP contribution in [0.15, 0.2) is 36.9 Å². The summed E-state index contributed by atoms with van der Waals surface area (Å²) in [5.74, 6) is 1.84. The maximum atomic E-state index is 13.0. The molecule has 0 aliphatic carbocycles. The highest BCUT2D eigenvalue weighted by Gasteiger charge is 2.32. The van der Waals surface area contributed by atoms with Crippen molar-refractivity contribution in [2.75, 3.05) is 18.5 Å². The molecule has 0 N–H and O–H groups in total. The first-order chi connectivity index (χ1) is 12.8. The number of nitrogens with zero attached hydrogens (tertiary/aromatic N) is 5. The number of hydrogen-bond acceptors (Lipinski definition) is 4. The van der Waals surface area contributed by atoms with Gasteiger partial charge in [-0.25, -0.2) is 0 Å². The van der Waals surface area contributed by atoms with Gasteiger partial charge in [-0.2, -0.15) is 0 Å². The zero-order valence-corrected chi connectivity index (χ0v) is 16.2. The number of amides is 2. The second-order valence-electron chi connectivity index (χ2n) is 7.05. The maximum absolute atomic E-state index is 13.0. The Hall–Kier alpha value is -2.96. The van der Waals surface area contributed by atoms with E-state index in [1.54, 1.807) is 31.3 Å². The Balaban J connectivity index is 1.80. The molecule has 1 atom stereocenters. The average Bonchev–Trinajstić information content (AvgIpc) is 3.12. The van der Waals surface area contributed by atoms with Crippen LogP contribution in [0.3, 0.4) is 0 Å². The highest BCUT2D eigenvalue weighted by Crippen LogP contribution is 2.28.